The van der Waals surface area contributed by atoms with Crippen molar-refractivity contribution in [3.05, 3.63) is 60.6 Å². The Morgan fingerprint density at radius 3 is 2.56 bits per heavy atom. The summed E-state index contributed by atoms with van der Waals surface area (Å²) < 4.78 is 3.82. The van der Waals surface area contributed by atoms with Gasteiger partial charge in [-0.05, 0) is 56.0 Å². The first-order valence-corrected chi connectivity index (χ1v) is 11.7. The molecule has 4 rings (SSSR count). The van der Waals surface area contributed by atoms with Crippen LogP contribution in [0.2, 0.25) is 0 Å². The average molecular weight is 450 g/mol. The predicted octanol–water partition coefficient (Wildman–Crippen LogP) is 3.98. The van der Waals surface area contributed by atoms with Gasteiger partial charge in [0, 0.05) is 36.2 Å². The van der Waals surface area contributed by atoms with Crippen molar-refractivity contribution in [3.8, 4) is 5.69 Å². The maximum Gasteiger partial charge on any atom is 0.251 e. The number of rotatable bonds is 9. The molecule has 32 heavy (non-hydrogen) atoms. The van der Waals surface area contributed by atoms with Crippen LogP contribution in [0.25, 0.3) is 16.7 Å². The van der Waals surface area contributed by atoms with Crippen LogP contribution in [0.5, 0.6) is 0 Å². The highest BCUT2D eigenvalue weighted by Gasteiger charge is 2.14. The first-order valence-electron chi connectivity index (χ1n) is 10.7. The Bertz CT molecular complexity index is 1180. The van der Waals surface area contributed by atoms with Crippen LogP contribution < -0.4 is 10.6 Å². The minimum Gasteiger partial charge on any atom is -0.367 e. The fraction of sp³-hybridized carbons (Fsp3) is 0.304. The van der Waals surface area contributed by atoms with E-state index in [0.717, 1.165) is 33.4 Å². The minimum absolute atomic E-state index is 0.112. The summed E-state index contributed by atoms with van der Waals surface area (Å²) >= 11 is 1.59. The molecule has 0 atom stereocenters. The molecule has 0 aliphatic heterocycles. The number of amides is 1. The van der Waals surface area contributed by atoms with Gasteiger partial charge in [-0.3, -0.25) is 4.79 Å². The van der Waals surface area contributed by atoms with Crippen LogP contribution in [0.15, 0.2) is 60.1 Å². The molecule has 0 saturated heterocycles. The van der Waals surface area contributed by atoms with Gasteiger partial charge in [0.15, 0.2) is 10.8 Å². The summed E-state index contributed by atoms with van der Waals surface area (Å²) in [6, 6.07) is 11.7. The number of hydrogen-bond donors (Lipinski definition) is 2. The summed E-state index contributed by atoms with van der Waals surface area (Å²) in [6.07, 6.45) is 5.72. The molecule has 1 amide bonds. The van der Waals surface area contributed by atoms with Crippen LogP contribution in [-0.4, -0.2) is 48.6 Å². The van der Waals surface area contributed by atoms with Gasteiger partial charge in [0.2, 0.25) is 0 Å². The van der Waals surface area contributed by atoms with Crippen molar-refractivity contribution in [2.75, 3.05) is 17.6 Å². The molecular weight excluding hydrogens is 422 g/mol. The van der Waals surface area contributed by atoms with Gasteiger partial charge in [0.1, 0.15) is 5.82 Å². The fourth-order valence-electron chi connectivity index (χ4n) is 3.35. The summed E-state index contributed by atoms with van der Waals surface area (Å²) in [5.74, 6) is 1.57. The number of carbonyl (C=O) groups excluding carboxylic acids is 1. The number of carbonyl (C=O) groups is 1. The van der Waals surface area contributed by atoms with Crippen molar-refractivity contribution in [2.24, 2.45) is 0 Å². The maximum absolute atomic E-state index is 12.6. The van der Waals surface area contributed by atoms with Gasteiger partial charge >= 0.3 is 0 Å². The van der Waals surface area contributed by atoms with Crippen LogP contribution in [0.3, 0.4) is 0 Å². The van der Waals surface area contributed by atoms with Crippen molar-refractivity contribution in [2.45, 2.75) is 38.5 Å². The van der Waals surface area contributed by atoms with E-state index >= 15 is 0 Å². The molecule has 0 aliphatic carbocycles. The summed E-state index contributed by atoms with van der Waals surface area (Å²) in [5.41, 5.74) is 2.41. The van der Waals surface area contributed by atoms with Gasteiger partial charge in [0.25, 0.3) is 5.91 Å². The van der Waals surface area contributed by atoms with E-state index < -0.39 is 0 Å². The van der Waals surface area contributed by atoms with Gasteiger partial charge in [0.05, 0.1) is 18.1 Å². The van der Waals surface area contributed by atoms with Crippen LogP contribution in [0, 0.1) is 0 Å². The predicted molar refractivity (Wildman–Crippen MR) is 129 cm³/mol. The summed E-state index contributed by atoms with van der Waals surface area (Å²) in [7, 11) is 0. The van der Waals surface area contributed by atoms with Crippen LogP contribution in [-0.2, 0) is 6.54 Å². The standard InChI is InChI=1S/C23H27N7OS/c1-4-32-23-27-20(26-16(2)3)19-15-25-30(21(19)28-23)14-11-24-22(31)17-7-9-18(10-8-17)29-12-5-6-13-29/h5-10,12-13,15-16H,4,11,14H2,1-3H3,(H,24,31)(H,26,27,28). The molecule has 8 nitrogen and oxygen atoms in total. The van der Waals surface area contributed by atoms with Gasteiger partial charge in [-0.1, -0.05) is 18.7 Å². The second-order valence-corrected chi connectivity index (χ2v) is 8.82. The van der Waals surface area contributed by atoms with Crippen LogP contribution in [0.4, 0.5) is 5.82 Å². The Morgan fingerprint density at radius 1 is 1.12 bits per heavy atom. The van der Waals surface area contributed by atoms with Crippen molar-refractivity contribution in [1.29, 1.82) is 0 Å². The van der Waals surface area contributed by atoms with Crippen LogP contribution in [0.1, 0.15) is 31.1 Å². The second kappa shape index (κ2) is 9.86. The third-order valence-corrected chi connectivity index (χ3v) is 5.55. The molecule has 0 unspecified atom stereocenters. The van der Waals surface area contributed by atoms with E-state index in [1.54, 1.807) is 18.0 Å². The smallest absolute Gasteiger partial charge is 0.251 e. The van der Waals surface area contributed by atoms with Crippen LogP contribution >= 0.6 is 11.8 Å². The molecule has 0 spiro atoms. The fourth-order valence-corrected chi connectivity index (χ4v) is 3.91. The third kappa shape index (κ3) is 4.94. The number of hydrogen-bond acceptors (Lipinski definition) is 6. The lowest BCUT2D eigenvalue weighted by molar-refractivity contribution is 0.0952. The normalized spacial score (nSPS) is 11.2. The Labute approximate surface area is 191 Å². The molecular formula is C23H27N7OS. The third-order valence-electron chi connectivity index (χ3n) is 4.82. The number of anilines is 1. The highest BCUT2D eigenvalue weighted by atomic mass is 32.2. The minimum atomic E-state index is -0.112. The van der Waals surface area contributed by atoms with Gasteiger partial charge in [-0.25, -0.2) is 14.6 Å². The Kier molecular flexibility index (Phi) is 6.75. The number of thioether (sulfide) groups is 1. The molecule has 0 radical (unpaired) electrons. The molecule has 3 heterocycles. The number of nitrogens with one attached hydrogen (secondary N) is 2. The molecule has 3 aromatic heterocycles. The number of fused-ring (bicyclic) bond motifs is 1. The van der Waals surface area contributed by atoms with E-state index in [2.05, 4.69) is 46.5 Å². The topological polar surface area (TPSA) is 89.7 Å². The number of nitrogens with zero attached hydrogens (tertiary/aromatic N) is 5. The van der Waals surface area contributed by atoms with Gasteiger partial charge in [-0.15, -0.1) is 0 Å². The maximum atomic E-state index is 12.6. The highest BCUT2D eigenvalue weighted by molar-refractivity contribution is 7.99. The van der Waals surface area contributed by atoms with Gasteiger partial charge in [-0.2, -0.15) is 5.10 Å². The monoisotopic (exact) mass is 449 g/mol. The lowest BCUT2D eigenvalue weighted by Crippen LogP contribution is -2.27. The molecule has 166 valence electrons. The van der Waals surface area contributed by atoms with E-state index in [9.17, 15) is 4.79 Å². The molecule has 0 saturated carbocycles. The van der Waals surface area contributed by atoms with E-state index in [4.69, 9.17) is 0 Å². The van der Waals surface area contributed by atoms with Crippen molar-refractivity contribution < 1.29 is 4.79 Å². The largest absolute Gasteiger partial charge is 0.367 e. The Hall–Kier alpha value is -3.33. The van der Waals surface area contributed by atoms with Crippen molar-refractivity contribution in [3.63, 3.8) is 0 Å². The van der Waals surface area contributed by atoms with E-state index in [0.29, 0.717) is 18.7 Å². The quantitative estimate of drug-likeness (QED) is 0.297. The number of aromatic nitrogens is 5. The Morgan fingerprint density at radius 2 is 1.88 bits per heavy atom. The van der Waals surface area contributed by atoms with Crippen molar-refractivity contribution >= 4 is 34.5 Å². The zero-order valence-electron chi connectivity index (χ0n) is 18.4. The second-order valence-electron chi connectivity index (χ2n) is 7.58. The zero-order valence-corrected chi connectivity index (χ0v) is 19.3. The molecule has 0 aliphatic rings. The summed E-state index contributed by atoms with van der Waals surface area (Å²) in [5, 5.41) is 12.4. The Balaban J connectivity index is 1.43. The van der Waals surface area contributed by atoms with Crippen molar-refractivity contribution in [1.82, 2.24) is 29.6 Å². The lowest BCUT2D eigenvalue weighted by Gasteiger charge is -2.12. The molecule has 0 fully saturated rings. The van der Waals surface area contributed by atoms with E-state index in [-0.39, 0.29) is 11.9 Å². The van der Waals surface area contributed by atoms with E-state index in [1.165, 1.54) is 0 Å². The molecule has 2 N–H and O–H groups in total. The van der Waals surface area contributed by atoms with Gasteiger partial charge < -0.3 is 15.2 Å². The van der Waals surface area contributed by atoms with E-state index in [1.807, 2.05) is 58.0 Å². The lowest BCUT2D eigenvalue weighted by atomic mass is 10.2. The average Bonchev–Trinajstić information content (AvgIpc) is 3.44. The first kappa shape index (κ1) is 21.9. The zero-order chi connectivity index (χ0) is 22.5. The molecule has 4 aromatic rings. The molecule has 9 heteroatoms. The number of benzene rings is 1. The SMILES string of the molecule is CCSc1nc(NC(C)C)c2cnn(CCNC(=O)c3ccc(-n4cccc4)cc3)c2n1. The highest BCUT2D eigenvalue weighted by Crippen LogP contribution is 2.24. The summed E-state index contributed by atoms with van der Waals surface area (Å²) in [4.78, 5) is 21.9. The molecule has 0 bridgehead atoms. The summed E-state index contributed by atoms with van der Waals surface area (Å²) in [6.45, 7) is 7.19. The first-order chi connectivity index (χ1) is 15.5. The molecule has 1 aromatic carbocycles.